The molecule has 1 unspecified atom stereocenters. The Morgan fingerprint density at radius 1 is 1.50 bits per heavy atom. The predicted octanol–water partition coefficient (Wildman–Crippen LogP) is 1.47. The highest BCUT2D eigenvalue weighted by Crippen LogP contribution is 2.25. The maximum atomic E-state index is 11.6. The Labute approximate surface area is 82.7 Å². The Balaban J connectivity index is 2.31. The summed E-state index contributed by atoms with van der Waals surface area (Å²) in [5, 5.41) is 5.95. The van der Waals surface area contributed by atoms with Gasteiger partial charge in [-0.05, 0) is 18.1 Å². The third kappa shape index (κ3) is 1.43. The van der Waals surface area contributed by atoms with Gasteiger partial charge in [0.05, 0.1) is 5.69 Å². The molecular formula is C10H13N3O. The number of nitrogens with zero attached hydrogens (tertiary/aromatic N) is 1. The second kappa shape index (κ2) is 3.29. The second-order valence-electron chi connectivity index (χ2n) is 3.75. The Morgan fingerprint density at radius 3 is 3.00 bits per heavy atom. The number of hydrogen-bond donors (Lipinski definition) is 2. The molecule has 1 aliphatic rings. The molecule has 1 amide bonds. The van der Waals surface area contributed by atoms with Crippen LogP contribution in [0.2, 0.25) is 0 Å². The van der Waals surface area contributed by atoms with Crippen LogP contribution in [0.5, 0.6) is 0 Å². The Morgan fingerprint density at radius 2 is 2.29 bits per heavy atom. The molecule has 74 valence electrons. The monoisotopic (exact) mass is 191 g/mol. The van der Waals surface area contributed by atoms with Gasteiger partial charge < -0.3 is 10.6 Å². The number of nitrogens with one attached hydrogen (secondary N) is 2. The molecular weight excluding hydrogens is 178 g/mol. The summed E-state index contributed by atoms with van der Waals surface area (Å²) in [6.07, 6.45) is 1.71. The third-order valence-corrected chi connectivity index (χ3v) is 2.31. The fraction of sp³-hybridized carbons (Fsp3) is 0.400. The van der Waals surface area contributed by atoms with E-state index >= 15 is 0 Å². The fourth-order valence-electron chi connectivity index (χ4n) is 1.51. The zero-order valence-corrected chi connectivity index (χ0v) is 8.24. The smallest absolute Gasteiger partial charge is 0.247 e. The van der Waals surface area contributed by atoms with Crippen LogP contribution in [0.1, 0.15) is 13.8 Å². The number of pyridine rings is 1. The van der Waals surface area contributed by atoms with Gasteiger partial charge in [0.25, 0.3) is 0 Å². The van der Waals surface area contributed by atoms with Crippen molar-refractivity contribution in [3.8, 4) is 0 Å². The summed E-state index contributed by atoms with van der Waals surface area (Å²) in [5.74, 6) is 1.02. The number of rotatable bonds is 1. The van der Waals surface area contributed by atoms with E-state index in [0.717, 1.165) is 11.5 Å². The second-order valence-corrected chi connectivity index (χ2v) is 3.75. The molecule has 0 fully saturated rings. The molecule has 2 heterocycles. The van der Waals surface area contributed by atoms with Crippen LogP contribution in [0.3, 0.4) is 0 Å². The van der Waals surface area contributed by atoms with Crippen molar-refractivity contribution < 1.29 is 4.79 Å². The number of anilines is 2. The number of amides is 1. The lowest BCUT2D eigenvalue weighted by molar-refractivity contribution is -0.117. The fourth-order valence-corrected chi connectivity index (χ4v) is 1.51. The molecule has 0 aliphatic carbocycles. The van der Waals surface area contributed by atoms with Gasteiger partial charge >= 0.3 is 0 Å². The Hall–Kier alpha value is -1.58. The van der Waals surface area contributed by atoms with Crippen molar-refractivity contribution in [2.24, 2.45) is 5.92 Å². The number of carbonyl (C=O) groups excluding carboxylic acids is 1. The molecule has 1 aromatic heterocycles. The summed E-state index contributed by atoms with van der Waals surface area (Å²) in [5.41, 5.74) is 0.759. The maximum absolute atomic E-state index is 11.6. The molecule has 0 bridgehead atoms. The molecule has 0 aromatic carbocycles. The van der Waals surface area contributed by atoms with Crippen molar-refractivity contribution in [2.75, 3.05) is 10.6 Å². The molecule has 2 rings (SSSR count). The van der Waals surface area contributed by atoms with E-state index < -0.39 is 0 Å². The molecule has 1 atom stereocenters. The number of hydrogen-bond acceptors (Lipinski definition) is 3. The first-order valence-electron chi connectivity index (χ1n) is 4.71. The van der Waals surface area contributed by atoms with Gasteiger partial charge in [0.1, 0.15) is 11.9 Å². The maximum Gasteiger partial charge on any atom is 0.247 e. The van der Waals surface area contributed by atoms with Crippen LogP contribution in [0.25, 0.3) is 0 Å². The highest BCUT2D eigenvalue weighted by Gasteiger charge is 2.28. The van der Waals surface area contributed by atoms with Crippen molar-refractivity contribution >= 4 is 17.4 Å². The summed E-state index contributed by atoms with van der Waals surface area (Å²) in [4.78, 5) is 15.8. The molecule has 4 heteroatoms. The molecule has 1 aromatic rings. The number of aromatic nitrogens is 1. The van der Waals surface area contributed by atoms with E-state index in [2.05, 4.69) is 15.6 Å². The molecule has 0 saturated heterocycles. The predicted molar refractivity (Wildman–Crippen MR) is 55.1 cm³/mol. The van der Waals surface area contributed by atoms with Crippen molar-refractivity contribution in [3.63, 3.8) is 0 Å². The SMILES string of the molecule is CC(C)C1Nc2ncccc2NC1=O. The first-order valence-corrected chi connectivity index (χ1v) is 4.71. The van der Waals surface area contributed by atoms with E-state index in [1.54, 1.807) is 12.3 Å². The van der Waals surface area contributed by atoms with Gasteiger partial charge in [0.2, 0.25) is 5.91 Å². The van der Waals surface area contributed by atoms with Gasteiger partial charge in [-0.2, -0.15) is 0 Å². The van der Waals surface area contributed by atoms with Gasteiger partial charge in [0.15, 0.2) is 0 Å². The molecule has 14 heavy (non-hydrogen) atoms. The van der Waals surface area contributed by atoms with Crippen LogP contribution < -0.4 is 10.6 Å². The quantitative estimate of drug-likeness (QED) is 0.706. The van der Waals surface area contributed by atoms with E-state index in [4.69, 9.17) is 0 Å². The standard InChI is InChI=1S/C10H13N3O/c1-6(2)8-10(14)12-7-4-3-5-11-9(7)13-8/h3-6,8H,1-2H3,(H,11,13)(H,12,14). The Kier molecular flexibility index (Phi) is 2.11. The zero-order valence-electron chi connectivity index (χ0n) is 8.24. The lowest BCUT2D eigenvalue weighted by atomic mass is 10.0. The first-order chi connectivity index (χ1) is 6.68. The average Bonchev–Trinajstić information content (AvgIpc) is 2.16. The van der Waals surface area contributed by atoms with Gasteiger partial charge in [-0.15, -0.1) is 0 Å². The summed E-state index contributed by atoms with van der Waals surface area (Å²) in [6.45, 7) is 4.01. The van der Waals surface area contributed by atoms with Gasteiger partial charge in [0, 0.05) is 6.20 Å². The normalized spacial score (nSPS) is 19.9. The minimum atomic E-state index is -0.183. The average molecular weight is 191 g/mol. The van der Waals surface area contributed by atoms with Gasteiger partial charge in [-0.25, -0.2) is 4.98 Å². The van der Waals surface area contributed by atoms with E-state index in [-0.39, 0.29) is 17.9 Å². The van der Waals surface area contributed by atoms with Crippen molar-refractivity contribution in [3.05, 3.63) is 18.3 Å². The largest absolute Gasteiger partial charge is 0.356 e. The minimum absolute atomic E-state index is 0.0144. The highest BCUT2D eigenvalue weighted by molar-refractivity contribution is 6.02. The molecule has 4 nitrogen and oxygen atoms in total. The van der Waals surface area contributed by atoms with E-state index in [0.29, 0.717) is 0 Å². The van der Waals surface area contributed by atoms with Crippen molar-refractivity contribution in [1.29, 1.82) is 0 Å². The van der Waals surface area contributed by atoms with Crippen LogP contribution in [0, 0.1) is 5.92 Å². The summed E-state index contributed by atoms with van der Waals surface area (Å²) >= 11 is 0. The van der Waals surface area contributed by atoms with Crippen LogP contribution >= 0.6 is 0 Å². The summed E-state index contributed by atoms with van der Waals surface area (Å²) < 4.78 is 0. The first kappa shape index (κ1) is 8.99. The van der Waals surface area contributed by atoms with Crippen LogP contribution in [-0.4, -0.2) is 16.9 Å². The van der Waals surface area contributed by atoms with E-state index in [1.807, 2.05) is 19.9 Å². The summed E-state index contributed by atoms with van der Waals surface area (Å²) in [7, 11) is 0. The highest BCUT2D eigenvalue weighted by atomic mass is 16.2. The molecule has 1 aliphatic heterocycles. The van der Waals surface area contributed by atoms with Crippen molar-refractivity contribution in [1.82, 2.24) is 4.98 Å². The number of fused-ring (bicyclic) bond motifs is 1. The molecule has 0 radical (unpaired) electrons. The van der Waals surface area contributed by atoms with Gasteiger partial charge in [-0.1, -0.05) is 13.8 Å². The topological polar surface area (TPSA) is 54.0 Å². The van der Waals surface area contributed by atoms with Crippen LogP contribution in [0.4, 0.5) is 11.5 Å². The lowest BCUT2D eigenvalue weighted by Gasteiger charge is -2.28. The van der Waals surface area contributed by atoms with E-state index in [1.165, 1.54) is 0 Å². The van der Waals surface area contributed by atoms with Crippen molar-refractivity contribution in [2.45, 2.75) is 19.9 Å². The zero-order chi connectivity index (χ0) is 10.1. The third-order valence-electron chi connectivity index (χ3n) is 2.31. The minimum Gasteiger partial charge on any atom is -0.356 e. The van der Waals surface area contributed by atoms with Crippen LogP contribution in [0.15, 0.2) is 18.3 Å². The van der Waals surface area contributed by atoms with E-state index in [9.17, 15) is 4.79 Å². The van der Waals surface area contributed by atoms with Crippen LogP contribution in [-0.2, 0) is 4.79 Å². The molecule has 2 N–H and O–H groups in total. The Bertz CT molecular complexity index is 362. The number of carbonyl (C=O) groups is 1. The molecule has 0 spiro atoms. The lowest BCUT2D eigenvalue weighted by Crippen LogP contribution is -2.42. The summed E-state index contributed by atoms with van der Waals surface area (Å²) in [6, 6.07) is 3.46. The van der Waals surface area contributed by atoms with Gasteiger partial charge in [-0.3, -0.25) is 4.79 Å². The molecule has 0 saturated carbocycles.